The summed E-state index contributed by atoms with van der Waals surface area (Å²) in [6.45, 7) is 2.61. The van der Waals surface area contributed by atoms with Crippen molar-refractivity contribution in [2.24, 2.45) is 0 Å². The van der Waals surface area contributed by atoms with E-state index in [0.717, 1.165) is 10.5 Å². The van der Waals surface area contributed by atoms with Crippen LogP contribution in [-0.2, 0) is 6.54 Å². The van der Waals surface area contributed by atoms with Crippen LogP contribution >= 0.6 is 11.8 Å². The third kappa shape index (κ3) is 2.92. The van der Waals surface area contributed by atoms with Crippen molar-refractivity contribution < 1.29 is 4.39 Å². The second kappa shape index (κ2) is 6.03. The molecule has 0 atom stereocenters. The van der Waals surface area contributed by atoms with E-state index in [1.165, 1.54) is 16.5 Å². The first-order valence-corrected chi connectivity index (χ1v) is 6.69. The molecule has 1 nitrogen and oxygen atoms in total. The highest BCUT2D eigenvalue weighted by atomic mass is 32.2. The van der Waals surface area contributed by atoms with Crippen LogP contribution in [0.15, 0.2) is 52.3 Å². The van der Waals surface area contributed by atoms with E-state index in [1.807, 2.05) is 25.2 Å². The zero-order valence-electron chi connectivity index (χ0n) is 10.5. The zero-order chi connectivity index (χ0) is 13.0. The molecule has 0 radical (unpaired) electrons. The Morgan fingerprint density at radius 3 is 2.50 bits per heavy atom. The minimum Gasteiger partial charge on any atom is -0.316 e. The second-order valence-electron chi connectivity index (χ2n) is 4.11. The molecule has 0 spiro atoms. The van der Waals surface area contributed by atoms with Crippen LogP contribution in [0, 0.1) is 12.7 Å². The first kappa shape index (κ1) is 13.1. The predicted octanol–water partition coefficient (Wildman–Crippen LogP) is 4.00. The van der Waals surface area contributed by atoms with Crippen molar-refractivity contribution in [2.75, 3.05) is 7.05 Å². The number of nitrogens with one attached hydrogen (secondary N) is 1. The molecule has 0 bridgehead atoms. The SMILES string of the molecule is CNCc1c(F)cccc1Sc1ccccc1C. The molecule has 3 heteroatoms. The van der Waals surface area contributed by atoms with Crippen molar-refractivity contribution in [1.29, 1.82) is 0 Å². The van der Waals surface area contributed by atoms with Crippen molar-refractivity contribution in [3.63, 3.8) is 0 Å². The lowest BCUT2D eigenvalue weighted by atomic mass is 10.2. The van der Waals surface area contributed by atoms with Gasteiger partial charge in [-0.1, -0.05) is 36.0 Å². The molecule has 0 heterocycles. The van der Waals surface area contributed by atoms with Gasteiger partial charge >= 0.3 is 0 Å². The summed E-state index contributed by atoms with van der Waals surface area (Å²) in [5.41, 5.74) is 1.94. The Kier molecular flexibility index (Phi) is 4.39. The maximum Gasteiger partial charge on any atom is 0.128 e. The maximum atomic E-state index is 13.8. The maximum absolute atomic E-state index is 13.8. The van der Waals surface area contributed by atoms with Crippen LogP contribution in [0.4, 0.5) is 4.39 Å². The van der Waals surface area contributed by atoms with E-state index in [0.29, 0.717) is 6.54 Å². The van der Waals surface area contributed by atoms with Crippen molar-refractivity contribution in [2.45, 2.75) is 23.3 Å². The molecule has 0 saturated heterocycles. The third-order valence-corrected chi connectivity index (χ3v) is 4.02. The molecule has 0 aliphatic carbocycles. The van der Waals surface area contributed by atoms with Crippen molar-refractivity contribution in [3.8, 4) is 0 Å². The fourth-order valence-electron chi connectivity index (χ4n) is 1.77. The molecule has 2 aromatic rings. The Morgan fingerprint density at radius 2 is 1.78 bits per heavy atom. The molecule has 2 aromatic carbocycles. The summed E-state index contributed by atoms with van der Waals surface area (Å²) in [5.74, 6) is -0.150. The van der Waals surface area contributed by atoms with Crippen molar-refractivity contribution >= 4 is 11.8 Å². The lowest BCUT2D eigenvalue weighted by molar-refractivity contribution is 0.594. The van der Waals surface area contributed by atoms with Crippen LogP contribution in [0.5, 0.6) is 0 Å². The summed E-state index contributed by atoms with van der Waals surface area (Å²) in [4.78, 5) is 2.14. The Morgan fingerprint density at radius 1 is 1.06 bits per heavy atom. The van der Waals surface area contributed by atoms with Crippen LogP contribution < -0.4 is 5.32 Å². The molecule has 0 aromatic heterocycles. The van der Waals surface area contributed by atoms with E-state index in [4.69, 9.17) is 0 Å². The second-order valence-corrected chi connectivity index (χ2v) is 5.20. The van der Waals surface area contributed by atoms with Gasteiger partial charge in [0, 0.05) is 21.9 Å². The molecule has 94 valence electrons. The fourth-order valence-corrected chi connectivity index (χ4v) is 2.82. The minimum atomic E-state index is -0.150. The van der Waals surface area contributed by atoms with Crippen LogP contribution in [-0.4, -0.2) is 7.05 Å². The molecule has 18 heavy (non-hydrogen) atoms. The van der Waals surface area contributed by atoms with Crippen LogP contribution in [0.25, 0.3) is 0 Å². The smallest absolute Gasteiger partial charge is 0.128 e. The highest BCUT2D eigenvalue weighted by Crippen LogP contribution is 2.33. The van der Waals surface area contributed by atoms with Gasteiger partial charge in [-0.25, -0.2) is 4.39 Å². The first-order chi connectivity index (χ1) is 8.72. The number of halogens is 1. The normalized spacial score (nSPS) is 10.6. The van der Waals surface area contributed by atoms with Gasteiger partial charge in [-0.3, -0.25) is 0 Å². The Bertz CT molecular complexity index is 540. The largest absolute Gasteiger partial charge is 0.316 e. The summed E-state index contributed by atoms with van der Waals surface area (Å²) in [7, 11) is 1.83. The highest BCUT2D eigenvalue weighted by Gasteiger charge is 2.09. The molecule has 0 aliphatic heterocycles. The summed E-state index contributed by atoms with van der Waals surface area (Å²) in [6.07, 6.45) is 0. The van der Waals surface area contributed by atoms with Gasteiger partial charge in [0.2, 0.25) is 0 Å². The van der Waals surface area contributed by atoms with Crippen molar-refractivity contribution in [1.82, 2.24) is 5.32 Å². The summed E-state index contributed by atoms with van der Waals surface area (Å²) >= 11 is 1.61. The van der Waals surface area contributed by atoms with Gasteiger partial charge < -0.3 is 5.32 Å². The Balaban J connectivity index is 2.34. The zero-order valence-corrected chi connectivity index (χ0v) is 11.4. The van der Waals surface area contributed by atoms with Gasteiger partial charge in [0.05, 0.1) is 0 Å². The molecule has 0 saturated carbocycles. The molecule has 0 aliphatic rings. The topological polar surface area (TPSA) is 12.0 Å². The molecular weight excluding hydrogens is 245 g/mol. The van der Waals surface area contributed by atoms with E-state index >= 15 is 0 Å². The molecular formula is C15H16FNS. The van der Waals surface area contributed by atoms with Crippen molar-refractivity contribution in [3.05, 3.63) is 59.4 Å². The standard InChI is InChI=1S/C15H16FNS/c1-11-6-3-4-8-14(11)18-15-9-5-7-13(16)12(15)10-17-2/h3-9,17H,10H2,1-2H3. The molecule has 0 amide bonds. The molecule has 2 rings (SSSR count). The van der Waals surface area contributed by atoms with Crippen LogP contribution in [0.1, 0.15) is 11.1 Å². The number of hydrogen-bond acceptors (Lipinski definition) is 2. The number of rotatable bonds is 4. The Hall–Kier alpha value is -1.32. The number of benzene rings is 2. The summed E-state index contributed by atoms with van der Waals surface area (Å²) in [5, 5.41) is 3.01. The molecule has 0 unspecified atom stereocenters. The van der Waals surface area contributed by atoms with Gasteiger partial charge in [0.1, 0.15) is 5.82 Å². The number of hydrogen-bond donors (Lipinski definition) is 1. The van der Waals surface area contributed by atoms with E-state index in [-0.39, 0.29) is 5.82 Å². The van der Waals surface area contributed by atoms with Crippen LogP contribution in [0.2, 0.25) is 0 Å². The van der Waals surface area contributed by atoms with Gasteiger partial charge in [-0.2, -0.15) is 0 Å². The van der Waals surface area contributed by atoms with E-state index in [1.54, 1.807) is 17.8 Å². The Labute approximate surface area is 111 Å². The average molecular weight is 261 g/mol. The predicted molar refractivity (Wildman–Crippen MR) is 74.5 cm³/mol. The summed E-state index contributed by atoms with van der Waals surface area (Å²) < 4.78 is 13.8. The molecule has 1 N–H and O–H groups in total. The minimum absolute atomic E-state index is 0.150. The highest BCUT2D eigenvalue weighted by molar-refractivity contribution is 7.99. The quantitative estimate of drug-likeness (QED) is 0.892. The van der Waals surface area contributed by atoms with Gasteiger partial charge in [0.15, 0.2) is 0 Å². The van der Waals surface area contributed by atoms with E-state index in [2.05, 4.69) is 24.4 Å². The monoisotopic (exact) mass is 261 g/mol. The van der Waals surface area contributed by atoms with Gasteiger partial charge in [0.25, 0.3) is 0 Å². The van der Waals surface area contributed by atoms with Gasteiger partial charge in [-0.15, -0.1) is 0 Å². The average Bonchev–Trinajstić information content (AvgIpc) is 2.36. The first-order valence-electron chi connectivity index (χ1n) is 5.88. The third-order valence-electron chi connectivity index (χ3n) is 2.74. The lowest BCUT2D eigenvalue weighted by Gasteiger charge is -2.11. The molecule has 0 fully saturated rings. The lowest BCUT2D eigenvalue weighted by Crippen LogP contribution is -2.08. The summed E-state index contributed by atoms with van der Waals surface area (Å²) in [6, 6.07) is 13.4. The van der Waals surface area contributed by atoms with E-state index in [9.17, 15) is 4.39 Å². The van der Waals surface area contributed by atoms with E-state index < -0.39 is 0 Å². The van der Waals surface area contributed by atoms with Crippen LogP contribution in [0.3, 0.4) is 0 Å². The van der Waals surface area contributed by atoms with Gasteiger partial charge in [-0.05, 0) is 37.7 Å². The fraction of sp³-hybridized carbons (Fsp3) is 0.200. The number of aryl methyl sites for hydroxylation is 1.